The van der Waals surface area contributed by atoms with Crippen LogP contribution in [0.2, 0.25) is 0 Å². The van der Waals surface area contributed by atoms with Crippen molar-refractivity contribution < 1.29 is 19.1 Å². The van der Waals surface area contributed by atoms with Gasteiger partial charge in [0.1, 0.15) is 17.2 Å². The number of allylic oxidation sites excluding steroid dienone is 2. The van der Waals surface area contributed by atoms with Gasteiger partial charge in [-0.2, -0.15) is 0 Å². The number of carbonyl (C=O) groups excluding carboxylic acids is 2. The Morgan fingerprint density at radius 3 is 1.96 bits per heavy atom. The zero-order valence-corrected chi connectivity index (χ0v) is 18.9. The van der Waals surface area contributed by atoms with Crippen LogP contribution in [0.4, 0.5) is 0 Å². The molecule has 7 heteroatoms. The minimum atomic E-state index is -0.581. The minimum absolute atomic E-state index is 0.0535. The average molecular weight is 452 g/mol. The summed E-state index contributed by atoms with van der Waals surface area (Å²) in [6, 6.07) is 0. The second-order valence-corrected chi connectivity index (χ2v) is 10.1. The van der Waals surface area contributed by atoms with Crippen molar-refractivity contribution in [2.45, 2.75) is 65.4 Å². The van der Waals surface area contributed by atoms with E-state index in [1.807, 2.05) is 12.2 Å². The molecular formula is C21H29Cl3O4. The fourth-order valence-electron chi connectivity index (χ4n) is 3.93. The van der Waals surface area contributed by atoms with E-state index in [4.69, 9.17) is 44.3 Å². The monoisotopic (exact) mass is 450 g/mol. The minimum Gasteiger partial charge on any atom is -0.462 e. The molecule has 4 nitrogen and oxygen atoms in total. The summed E-state index contributed by atoms with van der Waals surface area (Å²) in [7, 11) is 0. The number of ether oxygens (including phenoxy) is 2. The smallest absolute Gasteiger partial charge is 0.310 e. The zero-order valence-electron chi connectivity index (χ0n) is 16.7. The predicted octanol–water partition coefficient (Wildman–Crippen LogP) is 6.15. The van der Waals surface area contributed by atoms with Crippen LogP contribution in [0.1, 0.15) is 59.3 Å². The third-order valence-corrected chi connectivity index (χ3v) is 6.71. The van der Waals surface area contributed by atoms with Gasteiger partial charge in [-0.05, 0) is 49.9 Å². The van der Waals surface area contributed by atoms with E-state index in [-0.39, 0.29) is 33.6 Å². The molecule has 0 heterocycles. The molecule has 2 aliphatic rings. The van der Waals surface area contributed by atoms with Crippen molar-refractivity contribution in [1.29, 1.82) is 0 Å². The highest BCUT2D eigenvalue weighted by Crippen LogP contribution is 2.39. The molecule has 2 unspecified atom stereocenters. The van der Waals surface area contributed by atoms with E-state index in [9.17, 15) is 9.59 Å². The Labute approximate surface area is 182 Å². The van der Waals surface area contributed by atoms with Gasteiger partial charge in [0.2, 0.25) is 0 Å². The van der Waals surface area contributed by atoms with Crippen LogP contribution < -0.4 is 0 Å². The lowest BCUT2D eigenvalue weighted by Gasteiger charge is -2.37. The van der Waals surface area contributed by atoms with Crippen molar-refractivity contribution >= 4 is 46.7 Å². The third-order valence-electron chi connectivity index (χ3n) is 5.77. The van der Waals surface area contributed by atoms with Crippen LogP contribution in [-0.2, 0) is 19.1 Å². The van der Waals surface area contributed by atoms with Crippen LogP contribution >= 0.6 is 34.8 Å². The summed E-state index contributed by atoms with van der Waals surface area (Å²) in [6.45, 7) is 6.57. The molecule has 28 heavy (non-hydrogen) atoms. The molecular weight excluding hydrogens is 423 g/mol. The van der Waals surface area contributed by atoms with Gasteiger partial charge in [-0.1, -0.05) is 67.7 Å². The van der Waals surface area contributed by atoms with Crippen molar-refractivity contribution in [3.63, 3.8) is 0 Å². The van der Waals surface area contributed by atoms with Crippen LogP contribution in [0.15, 0.2) is 21.7 Å². The topological polar surface area (TPSA) is 52.6 Å². The number of carbonyl (C=O) groups is 2. The van der Waals surface area contributed by atoms with Gasteiger partial charge in [0.25, 0.3) is 0 Å². The number of rotatable bonds is 5. The van der Waals surface area contributed by atoms with Crippen molar-refractivity contribution in [2.24, 2.45) is 23.2 Å². The van der Waals surface area contributed by atoms with Crippen LogP contribution in [0.25, 0.3) is 0 Å². The molecule has 2 atom stereocenters. The van der Waals surface area contributed by atoms with E-state index < -0.39 is 17.8 Å². The quantitative estimate of drug-likeness (QED) is 0.372. The van der Waals surface area contributed by atoms with Gasteiger partial charge in [-0.3, -0.25) is 9.59 Å². The molecule has 0 bridgehead atoms. The number of esters is 2. The van der Waals surface area contributed by atoms with Crippen molar-refractivity contribution in [1.82, 2.24) is 0 Å². The third kappa shape index (κ3) is 6.67. The Morgan fingerprint density at radius 1 is 0.929 bits per heavy atom. The molecule has 0 N–H and O–H groups in total. The highest BCUT2D eigenvalue weighted by Gasteiger charge is 2.38. The maximum Gasteiger partial charge on any atom is 0.310 e. The van der Waals surface area contributed by atoms with E-state index in [2.05, 4.69) is 20.8 Å². The van der Waals surface area contributed by atoms with E-state index in [1.54, 1.807) is 0 Å². The van der Waals surface area contributed by atoms with E-state index >= 15 is 0 Å². The van der Waals surface area contributed by atoms with Gasteiger partial charge in [-0.15, -0.1) is 0 Å². The summed E-state index contributed by atoms with van der Waals surface area (Å²) < 4.78 is 10.8. The summed E-state index contributed by atoms with van der Waals surface area (Å²) >= 11 is 16.9. The summed E-state index contributed by atoms with van der Waals surface area (Å²) in [4.78, 5) is 25.2. The van der Waals surface area contributed by atoms with E-state index in [0.29, 0.717) is 18.8 Å². The normalized spacial score (nSPS) is 27.8. The van der Waals surface area contributed by atoms with Gasteiger partial charge in [0, 0.05) is 0 Å². The SMILES string of the molecule is CC(C)(C)C1CCC(OC(=O)C2CC=CCC2C(=O)OCC(Cl)=C(Cl)Cl)CC1. The lowest BCUT2D eigenvalue weighted by Crippen LogP contribution is -2.37. The standard InChI is InChI=1S/C21H29Cl3O4/c1-21(2,3)13-8-10-14(11-9-13)28-20(26)16-7-5-4-6-15(16)19(25)27-12-17(22)18(23)24/h4-5,13-16H,6-12H2,1-3H3. The second-order valence-electron chi connectivity index (χ2n) is 8.71. The van der Waals surface area contributed by atoms with Gasteiger partial charge in [-0.25, -0.2) is 0 Å². The molecule has 0 amide bonds. The number of hydrogen-bond donors (Lipinski definition) is 0. The maximum atomic E-state index is 12.8. The Kier molecular flexibility index (Phi) is 8.72. The Hall–Kier alpha value is -0.710. The molecule has 2 rings (SSSR count). The van der Waals surface area contributed by atoms with E-state index in [1.165, 1.54) is 0 Å². The summed E-state index contributed by atoms with van der Waals surface area (Å²) in [5.41, 5.74) is 0.277. The Balaban J connectivity index is 1.91. The van der Waals surface area contributed by atoms with Crippen LogP contribution in [0, 0.1) is 23.2 Å². The predicted molar refractivity (Wildman–Crippen MR) is 112 cm³/mol. The van der Waals surface area contributed by atoms with Crippen molar-refractivity contribution in [3.05, 3.63) is 21.7 Å². The molecule has 1 fully saturated rings. The van der Waals surface area contributed by atoms with E-state index in [0.717, 1.165) is 25.7 Å². The summed E-state index contributed by atoms with van der Waals surface area (Å²) in [5.74, 6) is -1.28. The molecule has 0 saturated heterocycles. The van der Waals surface area contributed by atoms with Crippen LogP contribution in [0.5, 0.6) is 0 Å². The lowest BCUT2D eigenvalue weighted by molar-refractivity contribution is -0.165. The van der Waals surface area contributed by atoms with Gasteiger partial charge in [0.15, 0.2) is 0 Å². The Morgan fingerprint density at radius 2 is 1.46 bits per heavy atom. The summed E-state index contributed by atoms with van der Waals surface area (Å²) in [6.07, 6.45) is 8.50. The molecule has 0 radical (unpaired) electrons. The molecule has 0 aromatic heterocycles. The molecule has 158 valence electrons. The van der Waals surface area contributed by atoms with Crippen molar-refractivity contribution in [3.8, 4) is 0 Å². The largest absolute Gasteiger partial charge is 0.462 e. The fourth-order valence-corrected chi connectivity index (χ4v) is 4.09. The van der Waals surface area contributed by atoms with Crippen LogP contribution in [-0.4, -0.2) is 24.6 Å². The molecule has 2 aliphatic carbocycles. The first kappa shape index (κ1) is 23.6. The molecule has 0 aliphatic heterocycles. The fraction of sp³-hybridized carbons (Fsp3) is 0.714. The first-order chi connectivity index (χ1) is 13.1. The van der Waals surface area contributed by atoms with Gasteiger partial charge < -0.3 is 9.47 Å². The first-order valence-electron chi connectivity index (χ1n) is 9.81. The highest BCUT2D eigenvalue weighted by molar-refractivity contribution is 6.59. The average Bonchev–Trinajstić information content (AvgIpc) is 2.65. The van der Waals surface area contributed by atoms with Crippen molar-refractivity contribution in [2.75, 3.05) is 6.61 Å². The molecule has 0 aromatic rings. The van der Waals surface area contributed by atoms with Gasteiger partial charge >= 0.3 is 11.9 Å². The lowest BCUT2D eigenvalue weighted by atomic mass is 9.72. The first-order valence-corrected chi connectivity index (χ1v) is 10.9. The van der Waals surface area contributed by atoms with Gasteiger partial charge in [0.05, 0.1) is 16.9 Å². The molecule has 0 spiro atoms. The number of halogens is 3. The second kappa shape index (κ2) is 10.4. The maximum absolute atomic E-state index is 12.8. The number of hydrogen-bond acceptors (Lipinski definition) is 4. The highest BCUT2D eigenvalue weighted by atomic mass is 35.5. The molecule has 1 saturated carbocycles. The Bertz CT molecular complexity index is 624. The zero-order chi connectivity index (χ0) is 20.9. The van der Waals surface area contributed by atoms with Crippen LogP contribution in [0.3, 0.4) is 0 Å². The molecule has 0 aromatic carbocycles. The summed E-state index contributed by atoms with van der Waals surface area (Å²) in [5, 5.41) is 0.0535.